The molecule has 164 valence electrons. The molecule has 8 N–H and O–H groups in total. The molecule has 2 atom stereocenters. The first-order valence-corrected chi connectivity index (χ1v) is 9.93. The Balaban J connectivity index is 1.90. The van der Waals surface area contributed by atoms with Crippen molar-refractivity contribution in [2.24, 2.45) is 17.2 Å². The maximum Gasteiger partial charge on any atom is 0.335 e. The zero-order valence-electron chi connectivity index (χ0n) is 17.4. The third-order valence-electron chi connectivity index (χ3n) is 5.58. The molecule has 0 saturated carbocycles. The number of likely N-dealkylation sites (tertiary alicyclic amines) is 1. The lowest BCUT2D eigenvalue weighted by molar-refractivity contribution is 0.0318. The molecule has 1 aliphatic heterocycles. The number of aromatic hydroxyl groups is 1. The average molecular weight is 425 g/mol. The van der Waals surface area contributed by atoms with E-state index >= 15 is 0 Å². The van der Waals surface area contributed by atoms with Crippen LogP contribution in [0.1, 0.15) is 33.8 Å². The fraction of sp³-hybridized carbons (Fsp3) is 0.261. The normalized spacial score (nSPS) is 19.1. The number of para-hydroxylation sites is 1. The minimum absolute atomic E-state index is 0.0179. The van der Waals surface area contributed by atoms with Gasteiger partial charge in [-0.25, -0.2) is 4.79 Å². The van der Waals surface area contributed by atoms with Gasteiger partial charge >= 0.3 is 5.97 Å². The van der Waals surface area contributed by atoms with Crippen molar-refractivity contribution in [2.75, 3.05) is 20.2 Å². The van der Waals surface area contributed by atoms with Crippen molar-refractivity contribution in [3.8, 4) is 5.75 Å². The number of carboxylic acid groups (broad SMARTS) is 1. The fourth-order valence-electron chi connectivity index (χ4n) is 3.92. The number of aromatic carboxylic acids is 1. The van der Waals surface area contributed by atoms with E-state index in [1.54, 1.807) is 49.6 Å². The highest BCUT2D eigenvalue weighted by molar-refractivity contribution is 5.87. The summed E-state index contributed by atoms with van der Waals surface area (Å²) in [5, 5.41) is 19.2. The second-order valence-corrected chi connectivity index (χ2v) is 7.50. The van der Waals surface area contributed by atoms with Crippen molar-refractivity contribution in [2.45, 2.75) is 18.4 Å². The Kier molecular flexibility index (Phi) is 6.71. The third kappa shape index (κ3) is 4.92. The molecule has 0 amide bonds. The van der Waals surface area contributed by atoms with E-state index in [0.29, 0.717) is 30.0 Å². The van der Waals surface area contributed by atoms with Gasteiger partial charge < -0.3 is 37.1 Å². The maximum atomic E-state index is 11.2. The number of piperidine rings is 1. The largest absolute Gasteiger partial charge is 0.507 e. The van der Waals surface area contributed by atoms with Crippen LogP contribution < -0.4 is 17.2 Å². The Morgan fingerprint density at radius 3 is 2.39 bits per heavy atom. The number of benzene rings is 2. The predicted molar refractivity (Wildman–Crippen MR) is 119 cm³/mol. The molecule has 31 heavy (non-hydrogen) atoms. The lowest BCUT2D eigenvalue weighted by Gasteiger charge is -2.40. The van der Waals surface area contributed by atoms with Crippen molar-refractivity contribution in [3.05, 3.63) is 82.8 Å². The van der Waals surface area contributed by atoms with Crippen LogP contribution in [0.3, 0.4) is 0 Å². The molecule has 1 aliphatic rings. The summed E-state index contributed by atoms with van der Waals surface area (Å²) in [6.07, 6.45) is 2.36. The number of ether oxygens (including phenoxy) is 1. The van der Waals surface area contributed by atoms with Gasteiger partial charge in [-0.2, -0.15) is 0 Å². The molecule has 8 nitrogen and oxygen atoms in total. The van der Waals surface area contributed by atoms with E-state index < -0.39 is 5.97 Å². The van der Waals surface area contributed by atoms with Crippen LogP contribution in [0.15, 0.2) is 66.1 Å². The van der Waals surface area contributed by atoms with Crippen LogP contribution in [0.25, 0.3) is 5.70 Å². The van der Waals surface area contributed by atoms with Gasteiger partial charge in [-0.15, -0.1) is 0 Å². The summed E-state index contributed by atoms with van der Waals surface area (Å²) in [5.41, 5.74) is 20.8. The van der Waals surface area contributed by atoms with Crippen LogP contribution in [0, 0.1) is 0 Å². The predicted octanol–water partition coefficient (Wildman–Crippen LogP) is 1.98. The summed E-state index contributed by atoms with van der Waals surface area (Å²) >= 11 is 0. The maximum absolute atomic E-state index is 11.2. The number of nitrogens with zero attached hydrogens (tertiary/aromatic N) is 1. The molecular formula is C23H28N4O4. The van der Waals surface area contributed by atoms with Crippen LogP contribution in [0.2, 0.25) is 0 Å². The van der Waals surface area contributed by atoms with E-state index in [0.717, 1.165) is 12.0 Å². The molecule has 0 radical (unpaired) electrons. The number of carbonyl (C=O) groups is 1. The van der Waals surface area contributed by atoms with Gasteiger partial charge in [-0.3, -0.25) is 0 Å². The van der Waals surface area contributed by atoms with E-state index in [2.05, 4.69) is 0 Å². The average Bonchev–Trinajstić information content (AvgIpc) is 2.77. The monoisotopic (exact) mass is 424 g/mol. The molecule has 3 rings (SSSR count). The highest BCUT2D eigenvalue weighted by Gasteiger charge is 2.32. The Morgan fingerprint density at radius 1 is 1.13 bits per heavy atom. The Bertz CT molecular complexity index is 997. The highest BCUT2D eigenvalue weighted by atomic mass is 16.5. The molecular weight excluding hydrogens is 396 g/mol. The van der Waals surface area contributed by atoms with Crippen LogP contribution >= 0.6 is 0 Å². The number of phenolic OH excluding ortho intramolecular Hbond substituents is 1. The first-order chi connectivity index (χ1) is 14.8. The number of phenols is 1. The summed E-state index contributed by atoms with van der Waals surface area (Å²) in [6.45, 7) is 1.21. The summed E-state index contributed by atoms with van der Waals surface area (Å²) in [5.74, 6) is -0.795. The Labute approximate surface area is 181 Å². The minimum atomic E-state index is -0.967. The number of carboxylic acids is 1. The molecule has 8 heteroatoms. The lowest BCUT2D eigenvalue weighted by Crippen LogP contribution is -2.43. The van der Waals surface area contributed by atoms with Gasteiger partial charge in [0.15, 0.2) is 0 Å². The van der Waals surface area contributed by atoms with Crippen molar-refractivity contribution >= 4 is 11.7 Å². The topological polar surface area (TPSA) is 148 Å². The molecule has 2 aromatic rings. The smallest absolute Gasteiger partial charge is 0.335 e. The van der Waals surface area contributed by atoms with Gasteiger partial charge in [-0.05, 0) is 42.3 Å². The molecule has 0 bridgehead atoms. The molecule has 0 aliphatic carbocycles. The van der Waals surface area contributed by atoms with Crippen molar-refractivity contribution in [3.63, 3.8) is 0 Å². The van der Waals surface area contributed by atoms with Gasteiger partial charge in [0, 0.05) is 37.4 Å². The number of rotatable bonds is 6. The summed E-state index contributed by atoms with van der Waals surface area (Å²) in [4.78, 5) is 13.2. The van der Waals surface area contributed by atoms with E-state index in [1.165, 1.54) is 0 Å². The second-order valence-electron chi connectivity index (χ2n) is 7.50. The SMILES string of the molecule is COC1CCN(C(/C=C(\N)c2ccccc2O)=C(N)N)CC1c1ccc(C(=O)O)cc1. The highest BCUT2D eigenvalue weighted by Crippen LogP contribution is 2.32. The van der Waals surface area contributed by atoms with E-state index in [-0.39, 0.29) is 29.2 Å². The summed E-state index contributed by atoms with van der Waals surface area (Å²) in [6, 6.07) is 13.6. The van der Waals surface area contributed by atoms with E-state index in [4.69, 9.17) is 27.0 Å². The summed E-state index contributed by atoms with van der Waals surface area (Å²) in [7, 11) is 1.67. The Hall–Kier alpha value is -3.65. The standard InChI is InChI=1S/C23H28N4O4/c1-31-21-10-11-27(13-17(21)14-6-8-15(9-7-14)23(29)30)19(22(25)26)12-18(24)16-4-2-3-5-20(16)28/h2-9,12,17,21,28H,10-11,13,24-26H2,1H3,(H,29,30)/b18-12-. The van der Waals surface area contributed by atoms with Crippen LogP contribution in [-0.4, -0.2) is 47.4 Å². The summed E-state index contributed by atoms with van der Waals surface area (Å²) < 4.78 is 5.70. The van der Waals surface area contributed by atoms with Crippen molar-refractivity contribution in [1.82, 2.24) is 4.90 Å². The molecule has 0 aromatic heterocycles. The zero-order valence-corrected chi connectivity index (χ0v) is 17.4. The fourth-order valence-corrected chi connectivity index (χ4v) is 3.92. The number of hydrogen-bond donors (Lipinski definition) is 5. The van der Waals surface area contributed by atoms with Crippen molar-refractivity contribution in [1.29, 1.82) is 0 Å². The number of allylic oxidation sites excluding steroid dienone is 1. The lowest BCUT2D eigenvalue weighted by atomic mass is 9.87. The zero-order chi connectivity index (χ0) is 22.5. The van der Waals surface area contributed by atoms with Crippen molar-refractivity contribution < 1.29 is 19.7 Å². The molecule has 0 spiro atoms. The van der Waals surface area contributed by atoms with E-state index in [1.807, 2.05) is 17.0 Å². The second kappa shape index (κ2) is 9.44. The number of methoxy groups -OCH3 is 1. The minimum Gasteiger partial charge on any atom is -0.507 e. The van der Waals surface area contributed by atoms with Gasteiger partial charge in [0.05, 0.1) is 17.4 Å². The molecule has 1 fully saturated rings. The van der Waals surface area contributed by atoms with Gasteiger partial charge in [0.2, 0.25) is 0 Å². The van der Waals surface area contributed by atoms with Gasteiger partial charge in [0.1, 0.15) is 11.6 Å². The third-order valence-corrected chi connectivity index (χ3v) is 5.58. The quantitative estimate of drug-likeness (QED) is 0.442. The molecule has 1 saturated heterocycles. The van der Waals surface area contributed by atoms with Gasteiger partial charge in [-0.1, -0.05) is 24.3 Å². The van der Waals surface area contributed by atoms with Gasteiger partial charge in [0.25, 0.3) is 0 Å². The first kappa shape index (κ1) is 22.0. The number of nitrogens with two attached hydrogens (primary N) is 3. The molecule has 2 aromatic carbocycles. The first-order valence-electron chi connectivity index (χ1n) is 9.93. The van der Waals surface area contributed by atoms with Crippen LogP contribution in [0.4, 0.5) is 0 Å². The number of hydrogen-bond acceptors (Lipinski definition) is 7. The van der Waals surface area contributed by atoms with Crippen LogP contribution in [0.5, 0.6) is 5.75 Å². The van der Waals surface area contributed by atoms with E-state index in [9.17, 15) is 9.90 Å². The molecule has 1 heterocycles. The van der Waals surface area contributed by atoms with Crippen LogP contribution in [-0.2, 0) is 4.74 Å². The Morgan fingerprint density at radius 2 is 1.81 bits per heavy atom. The molecule has 2 unspecified atom stereocenters.